The second kappa shape index (κ2) is 6.20. The van der Waals surface area contributed by atoms with Crippen molar-refractivity contribution in [2.75, 3.05) is 6.54 Å². The molecule has 6 heteroatoms. The first-order chi connectivity index (χ1) is 11.0. The van der Waals surface area contributed by atoms with Crippen LogP contribution in [0.3, 0.4) is 0 Å². The zero-order valence-electron chi connectivity index (χ0n) is 13.4. The molecule has 0 aromatic heterocycles. The fourth-order valence-corrected chi connectivity index (χ4v) is 3.73. The van der Waals surface area contributed by atoms with E-state index in [9.17, 15) is 9.90 Å². The molecule has 0 radical (unpaired) electrons. The first kappa shape index (κ1) is 15.8. The van der Waals surface area contributed by atoms with Gasteiger partial charge in [0.05, 0.1) is 12.1 Å². The van der Waals surface area contributed by atoms with Gasteiger partial charge in [0.2, 0.25) is 5.91 Å². The average Bonchev–Trinajstić information content (AvgIpc) is 2.56. The number of hydrogen-bond donors (Lipinski definition) is 3. The second-order valence-corrected chi connectivity index (χ2v) is 6.59. The van der Waals surface area contributed by atoms with Gasteiger partial charge in [-0.05, 0) is 42.4 Å². The summed E-state index contributed by atoms with van der Waals surface area (Å²) in [5, 5.41) is 14.3. The van der Waals surface area contributed by atoms with Crippen molar-refractivity contribution in [2.45, 2.75) is 44.8 Å². The lowest BCUT2D eigenvalue weighted by Gasteiger charge is -2.43. The number of amidine groups is 1. The van der Waals surface area contributed by atoms with Gasteiger partial charge < -0.3 is 21.6 Å². The number of piperidine rings is 1. The van der Waals surface area contributed by atoms with Gasteiger partial charge in [0, 0.05) is 18.5 Å². The molecular weight excluding hydrogens is 292 g/mol. The quantitative estimate of drug-likeness (QED) is 0.326. The highest BCUT2D eigenvalue weighted by atomic mass is 16.3. The van der Waals surface area contributed by atoms with Crippen LogP contribution in [0.2, 0.25) is 0 Å². The Hall–Kier alpha value is -2.08. The summed E-state index contributed by atoms with van der Waals surface area (Å²) in [4.78, 5) is 14.2. The van der Waals surface area contributed by atoms with Crippen LogP contribution >= 0.6 is 0 Å². The third-order valence-corrected chi connectivity index (χ3v) is 5.04. The number of hydrogen-bond acceptors (Lipinski definition) is 4. The Kier molecular flexibility index (Phi) is 4.26. The van der Waals surface area contributed by atoms with Crippen molar-refractivity contribution < 1.29 is 9.90 Å². The summed E-state index contributed by atoms with van der Waals surface area (Å²) in [7, 11) is 0. The highest BCUT2D eigenvalue weighted by Crippen LogP contribution is 2.39. The van der Waals surface area contributed by atoms with E-state index in [0.29, 0.717) is 13.0 Å². The lowest BCUT2D eigenvalue weighted by molar-refractivity contribution is -0.140. The van der Waals surface area contributed by atoms with Gasteiger partial charge in [-0.25, -0.2) is 0 Å². The maximum Gasteiger partial charge on any atom is 0.223 e. The predicted octanol–water partition coefficient (Wildman–Crippen LogP) is 0.872. The summed E-state index contributed by atoms with van der Waals surface area (Å²) < 4.78 is 0. The first-order valence-electron chi connectivity index (χ1n) is 8.17. The number of carbonyl (C=O) groups is 1. The minimum absolute atomic E-state index is 0.105. The van der Waals surface area contributed by atoms with E-state index >= 15 is 0 Å². The van der Waals surface area contributed by atoms with Gasteiger partial charge in [-0.15, -0.1) is 0 Å². The average molecular weight is 316 g/mol. The zero-order valence-corrected chi connectivity index (χ0v) is 13.4. The minimum atomic E-state index is -0.573. The number of carbonyl (C=O) groups excluding carboxylic acids is 1. The Balaban J connectivity index is 2.06. The molecular formula is C17H24N4O2. The summed E-state index contributed by atoms with van der Waals surface area (Å²) in [6.07, 6.45) is 2.67. The van der Waals surface area contributed by atoms with E-state index in [2.05, 4.69) is 5.10 Å². The summed E-state index contributed by atoms with van der Waals surface area (Å²) in [6.45, 7) is 2.72. The van der Waals surface area contributed by atoms with Crippen molar-refractivity contribution >= 4 is 11.7 Å². The predicted molar refractivity (Wildman–Crippen MR) is 88.5 cm³/mol. The number of rotatable bonds is 2. The van der Waals surface area contributed by atoms with Gasteiger partial charge in [0.1, 0.15) is 5.84 Å². The van der Waals surface area contributed by atoms with Gasteiger partial charge in [-0.3, -0.25) is 4.79 Å². The number of aliphatic hydroxyl groups is 1. The number of fused-ring (bicyclic) bond motifs is 1. The monoisotopic (exact) mass is 316 g/mol. The summed E-state index contributed by atoms with van der Waals surface area (Å²) in [5.74, 6) is 5.75. The summed E-state index contributed by atoms with van der Waals surface area (Å²) in [5.41, 5.74) is 8.67. The second-order valence-electron chi connectivity index (χ2n) is 6.59. The van der Waals surface area contributed by atoms with Crippen LogP contribution in [-0.2, 0) is 11.2 Å². The van der Waals surface area contributed by atoms with Crippen LogP contribution in [0, 0.1) is 5.92 Å². The standard InChI is InChI=1S/C17H24N4O2/c1-10-8-11-5-6-12(17(18)20-19)9-13(11)15(16(10)23)21-7-3-2-4-14(21)22/h5-6,9-10,15-16,23H,2-4,7-8,19H2,1H3,(H2,18,20)/t10?,15-,16-/m1/s1. The van der Waals surface area contributed by atoms with Crippen LogP contribution < -0.4 is 11.6 Å². The molecule has 0 spiro atoms. The van der Waals surface area contributed by atoms with Crippen molar-refractivity contribution in [2.24, 2.45) is 22.6 Å². The fraction of sp³-hybridized carbons (Fsp3) is 0.529. The number of amides is 1. The number of benzene rings is 1. The maximum absolute atomic E-state index is 12.4. The topological polar surface area (TPSA) is 105 Å². The summed E-state index contributed by atoms with van der Waals surface area (Å²) >= 11 is 0. The maximum atomic E-state index is 12.4. The van der Waals surface area contributed by atoms with Crippen molar-refractivity contribution in [1.82, 2.24) is 4.90 Å². The molecule has 1 aliphatic heterocycles. The molecule has 23 heavy (non-hydrogen) atoms. The molecule has 0 bridgehead atoms. The van der Waals surface area contributed by atoms with Crippen LogP contribution in [-0.4, -0.2) is 34.4 Å². The molecule has 1 amide bonds. The van der Waals surface area contributed by atoms with Crippen LogP contribution in [0.15, 0.2) is 23.3 Å². The van der Waals surface area contributed by atoms with Gasteiger partial charge in [0.25, 0.3) is 0 Å². The van der Waals surface area contributed by atoms with Crippen molar-refractivity contribution in [3.8, 4) is 0 Å². The van der Waals surface area contributed by atoms with Crippen molar-refractivity contribution in [3.05, 3.63) is 34.9 Å². The minimum Gasteiger partial charge on any atom is -0.390 e. The molecule has 1 heterocycles. The highest BCUT2D eigenvalue weighted by Gasteiger charge is 2.39. The van der Waals surface area contributed by atoms with E-state index in [1.807, 2.05) is 30.0 Å². The third-order valence-electron chi connectivity index (χ3n) is 5.04. The molecule has 1 aliphatic carbocycles. The van der Waals surface area contributed by atoms with Gasteiger partial charge >= 0.3 is 0 Å². The number of nitrogens with zero attached hydrogens (tertiary/aromatic N) is 2. The normalized spacial score (nSPS) is 28.6. The molecule has 1 aromatic rings. The SMILES string of the molecule is CC1Cc2ccc(/C(N)=N/N)cc2[C@@H](N2CCCCC2=O)[C@@H]1O. The van der Waals surface area contributed by atoms with E-state index in [1.54, 1.807) is 0 Å². The molecule has 3 atom stereocenters. The smallest absolute Gasteiger partial charge is 0.223 e. The molecule has 1 unspecified atom stereocenters. The lowest BCUT2D eigenvalue weighted by atomic mass is 9.77. The lowest BCUT2D eigenvalue weighted by Crippen LogP contribution is -2.47. The Labute approximate surface area is 136 Å². The van der Waals surface area contributed by atoms with E-state index in [4.69, 9.17) is 11.6 Å². The van der Waals surface area contributed by atoms with Crippen molar-refractivity contribution in [1.29, 1.82) is 0 Å². The van der Waals surface area contributed by atoms with Crippen LogP contribution in [0.1, 0.15) is 48.9 Å². The largest absolute Gasteiger partial charge is 0.390 e. The Bertz CT molecular complexity index is 643. The molecule has 1 aromatic carbocycles. The van der Waals surface area contributed by atoms with Gasteiger partial charge in [-0.1, -0.05) is 19.1 Å². The molecule has 5 N–H and O–H groups in total. The Morgan fingerprint density at radius 1 is 1.39 bits per heavy atom. The molecule has 0 saturated carbocycles. The van der Waals surface area contributed by atoms with Crippen molar-refractivity contribution in [3.63, 3.8) is 0 Å². The third kappa shape index (κ3) is 2.79. The number of nitrogens with two attached hydrogens (primary N) is 2. The summed E-state index contributed by atoms with van der Waals surface area (Å²) in [6, 6.07) is 5.51. The van der Waals surface area contributed by atoms with E-state index < -0.39 is 6.10 Å². The molecule has 2 aliphatic rings. The number of likely N-dealkylation sites (tertiary alicyclic amines) is 1. The van der Waals surface area contributed by atoms with Crippen LogP contribution in [0.25, 0.3) is 0 Å². The Morgan fingerprint density at radius 2 is 2.17 bits per heavy atom. The van der Waals surface area contributed by atoms with Gasteiger partial charge in [-0.2, -0.15) is 5.10 Å². The number of hydrazone groups is 1. The number of aliphatic hydroxyl groups excluding tert-OH is 1. The van der Waals surface area contributed by atoms with E-state index in [-0.39, 0.29) is 23.7 Å². The molecule has 1 saturated heterocycles. The van der Waals surface area contributed by atoms with E-state index in [0.717, 1.165) is 36.0 Å². The zero-order chi connectivity index (χ0) is 16.6. The van der Waals surface area contributed by atoms with Crippen LogP contribution in [0.4, 0.5) is 0 Å². The first-order valence-corrected chi connectivity index (χ1v) is 8.17. The van der Waals surface area contributed by atoms with Crippen LogP contribution in [0.5, 0.6) is 0 Å². The molecule has 3 rings (SSSR count). The molecule has 1 fully saturated rings. The Morgan fingerprint density at radius 3 is 2.87 bits per heavy atom. The fourth-order valence-electron chi connectivity index (χ4n) is 3.73. The van der Waals surface area contributed by atoms with Gasteiger partial charge in [0.15, 0.2) is 0 Å². The van der Waals surface area contributed by atoms with E-state index in [1.165, 1.54) is 0 Å². The molecule has 124 valence electrons. The molecule has 6 nitrogen and oxygen atoms in total. The highest BCUT2D eigenvalue weighted by molar-refractivity contribution is 5.97.